The minimum atomic E-state index is 0.653. The van der Waals surface area contributed by atoms with E-state index in [0.717, 1.165) is 41.1 Å². The van der Waals surface area contributed by atoms with E-state index in [1.54, 1.807) is 0 Å². The largest absolute Gasteiger partial charge is 0.362 e. The predicted molar refractivity (Wildman–Crippen MR) is 99.4 cm³/mol. The molecule has 0 aliphatic carbocycles. The fraction of sp³-hybridized carbons (Fsp3) is 0.375. The zero-order chi connectivity index (χ0) is 16.1. The summed E-state index contributed by atoms with van der Waals surface area (Å²) in [6.07, 6.45) is 0.962. The highest BCUT2D eigenvalue weighted by Gasteiger charge is 2.07. The number of hydrogen-bond acceptors (Lipinski definition) is 2. The number of hydrogen-bond donors (Lipinski definition) is 2. The molecule has 0 radical (unpaired) electrons. The van der Waals surface area contributed by atoms with Crippen LogP contribution in [0.1, 0.15) is 23.4 Å². The lowest BCUT2D eigenvalue weighted by Gasteiger charge is -2.11. The van der Waals surface area contributed by atoms with Crippen molar-refractivity contribution >= 4 is 38.9 Å². The van der Waals surface area contributed by atoms with Crippen molar-refractivity contribution < 1.29 is 0 Å². The van der Waals surface area contributed by atoms with E-state index in [-0.39, 0.29) is 0 Å². The van der Waals surface area contributed by atoms with Gasteiger partial charge >= 0.3 is 0 Å². The Kier molecular flexibility index (Phi) is 5.97. The van der Waals surface area contributed by atoms with Gasteiger partial charge in [-0.1, -0.05) is 12.1 Å². The average Bonchev–Trinajstić information content (AvgIpc) is 2.71. The Morgan fingerprint density at radius 3 is 2.73 bits per heavy atom. The Morgan fingerprint density at radius 2 is 2.09 bits per heavy atom. The number of aryl methyl sites for hydroxylation is 3. The van der Waals surface area contributed by atoms with Crippen LogP contribution in [0, 0.1) is 20.8 Å². The lowest BCUT2D eigenvalue weighted by molar-refractivity contribution is 0.558. The van der Waals surface area contributed by atoms with Gasteiger partial charge in [0.15, 0.2) is 5.11 Å². The molecule has 0 saturated heterocycles. The normalized spacial score (nSPS) is 10.5. The monoisotopic (exact) mass is 380 g/mol. The summed E-state index contributed by atoms with van der Waals surface area (Å²) in [5, 5.41) is 11.6. The zero-order valence-electron chi connectivity index (χ0n) is 13.1. The molecule has 2 rings (SSSR count). The molecule has 0 aliphatic heterocycles. The van der Waals surface area contributed by atoms with Crippen LogP contribution < -0.4 is 10.6 Å². The Balaban J connectivity index is 1.74. The minimum absolute atomic E-state index is 0.653. The molecule has 1 aromatic heterocycles. The summed E-state index contributed by atoms with van der Waals surface area (Å²) in [5.74, 6) is 0. The highest BCUT2D eigenvalue weighted by Crippen LogP contribution is 2.19. The van der Waals surface area contributed by atoms with Crippen LogP contribution in [0.5, 0.6) is 0 Å². The van der Waals surface area contributed by atoms with Crippen molar-refractivity contribution in [1.29, 1.82) is 0 Å². The van der Waals surface area contributed by atoms with Gasteiger partial charge in [0.05, 0.1) is 10.2 Å². The van der Waals surface area contributed by atoms with Crippen molar-refractivity contribution in [2.75, 3.05) is 11.9 Å². The van der Waals surface area contributed by atoms with Gasteiger partial charge in [-0.15, -0.1) is 0 Å². The van der Waals surface area contributed by atoms with Gasteiger partial charge in [-0.3, -0.25) is 4.68 Å². The second-order valence-corrected chi connectivity index (χ2v) is 6.51. The summed E-state index contributed by atoms with van der Waals surface area (Å²) < 4.78 is 3.12. The van der Waals surface area contributed by atoms with Crippen LogP contribution in [0.2, 0.25) is 0 Å². The van der Waals surface area contributed by atoms with Crippen LogP contribution in [0.4, 0.5) is 5.69 Å². The molecule has 0 bridgehead atoms. The summed E-state index contributed by atoms with van der Waals surface area (Å²) in [7, 11) is 0. The summed E-state index contributed by atoms with van der Waals surface area (Å²) in [4.78, 5) is 0. The number of nitrogens with one attached hydrogen (secondary N) is 2. The molecular formula is C16H21BrN4S. The Labute approximate surface area is 145 Å². The molecule has 4 nitrogen and oxygen atoms in total. The number of thiocarbonyl (C=S) groups is 1. The van der Waals surface area contributed by atoms with E-state index >= 15 is 0 Å². The molecule has 0 saturated carbocycles. The molecule has 0 fully saturated rings. The van der Waals surface area contributed by atoms with Gasteiger partial charge in [0.25, 0.3) is 0 Å². The lowest BCUT2D eigenvalue weighted by atomic mass is 10.2. The standard InChI is InChI=1S/C16H21BrN4S/c1-11-6-4-7-14(10-11)19-16(22)18-8-5-9-21-13(3)15(17)12(2)20-21/h4,6-7,10H,5,8-9H2,1-3H3,(H2,18,19,22). The summed E-state index contributed by atoms with van der Waals surface area (Å²) in [6, 6.07) is 8.16. The molecule has 0 unspecified atom stereocenters. The first-order valence-corrected chi connectivity index (χ1v) is 8.48. The summed E-state index contributed by atoms with van der Waals surface area (Å²) in [5.41, 5.74) is 4.42. The number of aromatic nitrogens is 2. The molecular weight excluding hydrogens is 360 g/mol. The first-order valence-electron chi connectivity index (χ1n) is 7.28. The maximum Gasteiger partial charge on any atom is 0.170 e. The van der Waals surface area contributed by atoms with E-state index in [1.807, 2.05) is 23.7 Å². The third-order valence-electron chi connectivity index (χ3n) is 3.40. The third kappa shape index (κ3) is 4.55. The first-order chi connectivity index (χ1) is 10.5. The van der Waals surface area contributed by atoms with Crippen LogP contribution >= 0.6 is 28.1 Å². The smallest absolute Gasteiger partial charge is 0.170 e. The quantitative estimate of drug-likeness (QED) is 0.608. The van der Waals surface area contributed by atoms with Crippen LogP contribution in [-0.2, 0) is 6.54 Å². The predicted octanol–water partition coefficient (Wildman–Crippen LogP) is 3.95. The van der Waals surface area contributed by atoms with Crippen molar-refractivity contribution in [3.05, 3.63) is 45.7 Å². The zero-order valence-corrected chi connectivity index (χ0v) is 15.5. The lowest BCUT2D eigenvalue weighted by Crippen LogP contribution is -2.29. The molecule has 0 aliphatic rings. The second-order valence-electron chi connectivity index (χ2n) is 5.31. The Morgan fingerprint density at radius 1 is 1.32 bits per heavy atom. The first kappa shape index (κ1) is 17.0. The third-order valence-corrected chi connectivity index (χ3v) is 4.80. The maximum absolute atomic E-state index is 5.31. The topological polar surface area (TPSA) is 41.9 Å². The fourth-order valence-electron chi connectivity index (χ4n) is 2.22. The molecule has 2 aromatic rings. The van der Waals surface area contributed by atoms with Gasteiger partial charge in [-0.25, -0.2) is 0 Å². The van der Waals surface area contributed by atoms with Crippen molar-refractivity contribution in [2.45, 2.75) is 33.7 Å². The van der Waals surface area contributed by atoms with Crippen LogP contribution in [0.15, 0.2) is 28.7 Å². The van der Waals surface area contributed by atoms with Gasteiger partial charge in [0.2, 0.25) is 0 Å². The summed E-state index contributed by atoms with van der Waals surface area (Å²) >= 11 is 8.85. The molecule has 22 heavy (non-hydrogen) atoms. The molecule has 1 aromatic carbocycles. The molecule has 6 heteroatoms. The van der Waals surface area contributed by atoms with Crippen LogP contribution in [0.25, 0.3) is 0 Å². The van der Waals surface area contributed by atoms with Gasteiger partial charge in [0.1, 0.15) is 0 Å². The molecule has 0 atom stereocenters. The number of halogens is 1. The molecule has 2 N–H and O–H groups in total. The highest BCUT2D eigenvalue weighted by molar-refractivity contribution is 9.10. The minimum Gasteiger partial charge on any atom is -0.362 e. The van der Waals surface area contributed by atoms with E-state index in [1.165, 1.54) is 5.56 Å². The Bertz CT molecular complexity index is 666. The number of rotatable bonds is 5. The van der Waals surface area contributed by atoms with Gasteiger partial charge < -0.3 is 10.6 Å². The van der Waals surface area contributed by atoms with Gasteiger partial charge in [-0.2, -0.15) is 5.10 Å². The van der Waals surface area contributed by atoms with E-state index in [0.29, 0.717) is 5.11 Å². The van der Waals surface area contributed by atoms with E-state index in [9.17, 15) is 0 Å². The molecule has 1 heterocycles. The Hall–Kier alpha value is -1.40. The van der Waals surface area contributed by atoms with Crippen molar-refractivity contribution in [3.63, 3.8) is 0 Å². The average molecular weight is 381 g/mol. The maximum atomic E-state index is 5.31. The van der Waals surface area contributed by atoms with E-state index in [2.05, 4.69) is 57.6 Å². The second kappa shape index (κ2) is 7.74. The summed E-state index contributed by atoms with van der Waals surface area (Å²) in [6.45, 7) is 7.83. The van der Waals surface area contributed by atoms with Gasteiger partial charge in [-0.05, 0) is 73.0 Å². The van der Waals surface area contributed by atoms with Crippen molar-refractivity contribution in [2.24, 2.45) is 0 Å². The number of nitrogens with zero attached hydrogens (tertiary/aromatic N) is 2. The van der Waals surface area contributed by atoms with E-state index < -0.39 is 0 Å². The van der Waals surface area contributed by atoms with Crippen LogP contribution in [-0.4, -0.2) is 21.4 Å². The van der Waals surface area contributed by atoms with Gasteiger partial charge in [0, 0.05) is 24.5 Å². The van der Waals surface area contributed by atoms with Crippen LogP contribution in [0.3, 0.4) is 0 Å². The number of anilines is 1. The molecule has 0 spiro atoms. The van der Waals surface area contributed by atoms with Crippen molar-refractivity contribution in [1.82, 2.24) is 15.1 Å². The SMILES string of the molecule is Cc1cccc(NC(=S)NCCCn2nc(C)c(Br)c2C)c1. The van der Waals surface area contributed by atoms with E-state index in [4.69, 9.17) is 12.2 Å². The number of benzene rings is 1. The highest BCUT2D eigenvalue weighted by atomic mass is 79.9. The molecule has 0 amide bonds. The fourth-order valence-corrected chi connectivity index (χ4v) is 2.73. The molecule has 118 valence electrons. The van der Waals surface area contributed by atoms with Crippen molar-refractivity contribution in [3.8, 4) is 0 Å².